The number of aryl methyl sites for hydroxylation is 2. The molecule has 0 aliphatic carbocycles. The summed E-state index contributed by atoms with van der Waals surface area (Å²) in [6, 6.07) is 19.1. The Morgan fingerprint density at radius 1 is 1.08 bits per heavy atom. The van der Waals surface area contributed by atoms with E-state index in [1.54, 1.807) is 28.8 Å². The number of hydrogen-bond acceptors (Lipinski definition) is 6. The van der Waals surface area contributed by atoms with Crippen molar-refractivity contribution in [3.63, 3.8) is 0 Å². The van der Waals surface area contributed by atoms with E-state index < -0.39 is 11.0 Å². The predicted octanol–water partition coefficient (Wildman–Crippen LogP) is 6.06. The van der Waals surface area contributed by atoms with Crippen molar-refractivity contribution in [1.29, 1.82) is 0 Å². The van der Waals surface area contributed by atoms with Crippen LogP contribution in [0.4, 0.5) is 16.2 Å². The van der Waals surface area contributed by atoms with Gasteiger partial charge in [0, 0.05) is 34.3 Å². The van der Waals surface area contributed by atoms with Gasteiger partial charge in [-0.25, -0.2) is 4.79 Å². The zero-order valence-corrected chi connectivity index (χ0v) is 21.1. The number of aromatic nitrogens is 3. The van der Waals surface area contributed by atoms with Crippen LogP contribution in [0.1, 0.15) is 22.5 Å². The number of nitro benzene ring substituents is 1. The van der Waals surface area contributed by atoms with Crippen molar-refractivity contribution in [1.82, 2.24) is 20.1 Å². The molecular weight excluding hydrogens is 500 g/mol. The van der Waals surface area contributed by atoms with Crippen molar-refractivity contribution in [3.05, 3.63) is 104 Å². The minimum atomic E-state index is -0.451. The van der Waals surface area contributed by atoms with E-state index in [0.29, 0.717) is 33.1 Å². The van der Waals surface area contributed by atoms with Crippen LogP contribution in [0.5, 0.6) is 0 Å². The third-order valence-electron chi connectivity index (χ3n) is 5.31. The summed E-state index contributed by atoms with van der Waals surface area (Å²) in [4.78, 5) is 23.1. The summed E-state index contributed by atoms with van der Waals surface area (Å²) in [6.45, 7) is 4.00. The number of nitrogens with zero attached hydrogens (tertiary/aromatic N) is 4. The fourth-order valence-electron chi connectivity index (χ4n) is 3.45. The molecule has 0 unspecified atom stereocenters. The highest BCUT2D eigenvalue weighted by Crippen LogP contribution is 2.27. The lowest BCUT2D eigenvalue weighted by atomic mass is 10.2. The van der Waals surface area contributed by atoms with E-state index in [0.717, 1.165) is 16.7 Å². The van der Waals surface area contributed by atoms with E-state index in [-0.39, 0.29) is 12.2 Å². The summed E-state index contributed by atoms with van der Waals surface area (Å²) in [5.74, 6) is 1.14. The van der Waals surface area contributed by atoms with Gasteiger partial charge in [0.1, 0.15) is 0 Å². The number of benzene rings is 3. The quantitative estimate of drug-likeness (QED) is 0.165. The monoisotopic (exact) mass is 522 g/mol. The molecule has 0 aliphatic heterocycles. The Kier molecular flexibility index (Phi) is 7.87. The number of non-ortho nitro benzene ring substituents is 1. The molecule has 0 fully saturated rings. The standard InChI is InChI=1S/C25H23ClN6O3S/c1-16-4-3-5-18(12-16)15-36-25-30-29-23(31(25)20-8-10-21(11-9-20)32(34)35)14-27-24(33)28-19-7-6-17(2)22(26)13-19/h3-13H,14-15H2,1-2H3,(H2,27,28,33). The molecule has 0 saturated carbocycles. The molecule has 1 aromatic heterocycles. The first-order valence-electron chi connectivity index (χ1n) is 11.0. The number of thioether (sulfide) groups is 1. The molecule has 0 spiro atoms. The number of hydrogen-bond donors (Lipinski definition) is 2. The fourth-order valence-corrected chi connectivity index (χ4v) is 4.54. The maximum Gasteiger partial charge on any atom is 0.319 e. The number of anilines is 1. The van der Waals surface area contributed by atoms with Crippen LogP contribution in [-0.4, -0.2) is 25.7 Å². The summed E-state index contributed by atoms with van der Waals surface area (Å²) < 4.78 is 1.78. The van der Waals surface area contributed by atoms with Crippen molar-refractivity contribution in [2.24, 2.45) is 0 Å². The molecule has 9 nitrogen and oxygen atoms in total. The van der Waals surface area contributed by atoms with Crippen LogP contribution in [0, 0.1) is 24.0 Å². The fraction of sp³-hybridized carbons (Fsp3) is 0.160. The normalized spacial score (nSPS) is 10.8. The van der Waals surface area contributed by atoms with Crippen LogP contribution in [0.3, 0.4) is 0 Å². The highest BCUT2D eigenvalue weighted by Gasteiger charge is 2.17. The molecule has 2 N–H and O–H groups in total. The first-order valence-corrected chi connectivity index (χ1v) is 12.3. The maximum absolute atomic E-state index is 12.5. The summed E-state index contributed by atoms with van der Waals surface area (Å²) in [6.07, 6.45) is 0. The van der Waals surface area contributed by atoms with Gasteiger partial charge >= 0.3 is 6.03 Å². The number of amides is 2. The van der Waals surface area contributed by atoms with Gasteiger partial charge in [0.25, 0.3) is 5.69 Å². The predicted molar refractivity (Wildman–Crippen MR) is 141 cm³/mol. The van der Waals surface area contributed by atoms with Crippen LogP contribution in [0.25, 0.3) is 5.69 Å². The highest BCUT2D eigenvalue weighted by molar-refractivity contribution is 7.98. The molecule has 0 atom stereocenters. The molecule has 0 aliphatic rings. The summed E-state index contributed by atoms with van der Waals surface area (Å²) in [5, 5.41) is 26.4. The molecule has 2 amide bonds. The Morgan fingerprint density at radius 2 is 1.86 bits per heavy atom. The average Bonchev–Trinajstić information content (AvgIpc) is 3.26. The summed E-state index contributed by atoms with van der Waals surface area (Å²) in [5.41, 5.74) is 4.41. The lowest BCUT2D eigenvalue weighted by Crippen LogP contribution is -2.29. The van der Waals surface area contributed by atoms with Gasteiger partial charge in [0.2, 0.25) is 0 Å². The van der Waals surface area contributed by atoms with Crippen molar-refractivity contribution in [2.45, 2.75) is 31.3 Å². The smallest absolute Gasteiger partial charge is 0.319 e. The van der Waals surface area contributed by atoms with Gasteiger partial charge in [-0.3, -0.25) is 14.7 Å². The minimum absolute atomic E-state index is 0.0170. The van der Waals surface area contributed by atoms with Crippen LogP contribution < -0.4 is 10.6 Å². The number of rotatable bonds is 8. The Bertz CT molecular complexity index is 1410. The topological polar surface area (TPSA) is 115 Å². The molecule has 1 heterocycles. The number of urea groups is 1. The van der Waals surface area contributed by atoms with Crippen molar-refractivity contribution in [3.8, 4) is 5.69 Å². The van der Waals surface area contributed by atoms with E-state index in [1.165, 1.54) is 23.9 Å². The van der Waals surface area contributed by atoms with Gasteiger partial charge in [-0.15, -0.1) is 10.2 Å². The second-order valence-corrected chi connectivity index (χ2v) is 9.41. The molecule has 0 saturated heterocycles. The Hall–Kier alpha value is -3.89. The molecule has 0 bridgehead atoms. The van der Waals surface area contributed by atoms with Gasteiger partial charge in [0.15, 0.2) is 11.0 Å². The van der Waals surface area contributed by atoms with E-state index >= 15 is 0 Å². The summed E-state index contributed by atoms with van der Waals surface area (Å²) in [7, 11) is 0. The first-order chi connectivity index (χ1) is 17.3. The molecule has 0 radical (unpaired) electrons. The van der Waals surface area contributed by atoms with Crippen LogP contribution in [-0.2, 0) is 12.3 Å². The van der Waals surface area contributed by atoms with E-state index in [1.807, 2.05) is 38.1 Å². The van der Waals surface area contributed by atoms with Gasteiger partial charge in [-0.05, 0) is 49.2 Å². The molecule has 36 heavy (non-hydrogen) atoms. The Labute approximate surface area is 217 Å². The van der Waals surface area contributed by atoms with Crippen molar-refractivity contribution >= 4 is 40.8 Å². The van der Waals surface area contributed by atoms with Crippen LogP contribution >= 0.6 is 23.4 Å². The lowest BCUT2D eigenvalue weighted by molar-refractivity contribution is -0.384. The van der Waals surface area contributed by atoms with Gasteiger partial charge < -0.3 is 10.6 Å². The SMILES string of the molecule is Cc1cccc(CSc2nnc(CNC(=O)Nc3ccc(C)c(Cl)c3)n2-c2ccc([N+](=O)[O-])cc2)c1. The van der Waals surface area contributed by atoms with Gasteiger partial charge in [-0.1, -0.05) is 59.3 Å². The molecule has 4 rings (SSSR count). The number of carbonyl (C=O) groups excluding carboxylic acids is 1. The number of nitrogens with one attached hydrogen (secondary N) is 2. The Balaban J connectivity index is 1.54. The number of nitro groups is 1. The van der Waals surface area contributed by atoms with Crippen molar-refractivity contribution < 1.29 is 9.72 Å². The molecule has 4 aromatic rings. The second kappa shape index (κ2) is 11.2. The maximum atomic E-state index is 12.5. The lowest BCUT2D eigenvalue weighted by Gasteiger charge is -2.12. The highest BCUT2D eigenvalue weighted by atomic mass is 35.5. The minimum Gasteiger partial charge on any atom is -0.331 e. The zero-order valence-electron chi connectivity index (χ0n) is 19.6. The zero-order chi connectivity index (χ0) is 25.7. The van der Waals surface area contributed by atoms with Crippen LogP contribution in [0.2, 0.25) is 5.02 Å². The second-order valence-electron chi connectivity index (χ2n) is 8.06. The molecule has 11 heteroatoms. The third-order valence-corrected chi connectivity index (χ3v) is 6.71. The number of halogens is 1. The first kappa shape index (κ1) is 25.2. The van der Waals surface area contributed by atoms with E-state index in [2.05, 4.69) is 26.9 Å². The van der Waals surface area contributed by atoms with E-state index in [9.17, 15) is 14.9 Å². The van der Waals surface area contributed by atoms with Crippen LogP contribution in [0.15, 0.2) is 71.9 Å². The number of carbonyl (C=O) groups is 1. The third kappa shape index (κ3) is 6.21. The van der Waals surface area contributed by atoms with E-state index in [4.69, 9.17) is 11.6 Å². The van der Waals surface area contributed by atoms with Crippen molar-refractivity contribution in [2.75, 3.05) is 5.32 Å². The molecule has 3 aromatic carbocycles. The summed E-state index contributed by atoms with van der Waals surface area (Å²) >= 11 is 7.62. The van der Waals surface area contributed by atoms with Gasteiger partial charge in [0.05, 0.1) is 11.5 Å². The average molecular weight is 523 g/mol. The van der Waals surface area contributed by atoms with Gasteiger partial charge in [-0.2, -0.15) is 0 Å². The molecular formula is C25H23ClN6O3S. The Morgan fingerprint density at radius 3 is 2.56 bits per heavy atom. The largest absolute Gasteiger partial charge is 0.331 e. The molecule has 184 valence electrons.